The van der Waals surface area contributed by atoms with Gasteiger partial charge >= 0.3 is 19.8 Å². The van der Waals surface area contributed by atoms with E-state index in [1.54, 1.807) is 0 Å². The van der Waals surface area contributed by atoms with Crippen molar-refractivity contribution in [3.8, 4) is 0 Å². The third kappa shape index (κ3) is 33.0. The zero-order valence-electron chi connectivity index (χ0n) is 29.8. The number of phosphoric acid groups is 1. The molecule has 1 unspecified atom stereocenters. The van der Waals surface area contributed by atoms with E-state index < -0.39 is 51.8 Å². The molecular formula is C36H69O10P. The third-order valence-corrected chi connectivity index (χ3v) is 8.87. The first-order chi connectivity index (χ1) is 22.7. The Morgan fingerprint density at radius 2 is 1.04 bits per heavy atom. The van der Waals surface area contributed by atoms with E-state index in [1.165, 1.54) is 70.6 Å². The van der Waals surface area contributed by atoms with E-state index in [0.717, 1.165) is 57.8 Å². The van der Waals surface area contributed by atoms with Crippen molar-refractivity contribution >= 4 is 19.8 Å². The molecule has 0 aliphatic heterocycles. The molecule has 0 aromatic rings. The second-order valence-electron chi connectivity index (χ2n) is 12.6. The highest BCUT2D eigenvalue weighted by molar-refractivity contribution is 7.47. The van der Waals surface area contributed by atoms with E-state index >= 15 is 0 Å². The van der Waals surface area contributed by atoms with Gasteiger partial charge in [0.25, 0.3) is 0 Å². The van der Waals surface area contributed by atoms with Crippen LogP contribution in [0.4, 0.5) is 0 Å². The molecule has 10 nitrogen and oxygen atoms in total. The predicted octanol–water partition coefficient (Wildman–Crippen LogP) is 8.89. The maximum atomic E-state index is 12.5. The number of phosphoric ester groups is 1. The second-order valence-corrected chi connectivity index (χ2v) is 14.1. The summed E-state index contributed by atoms with van der Waals surface area (Å²) in [5, 5.41) is 18.2. The molecule has 0 aliphatic rings. The van der Waals surface area contributed by atoms with Gasteiger partial charge in [-0.05, 0) is 38.5 Å². The Kier molecular flexibility index (Phi) is 32.3. The number of rotatable bonds is 35. The molecule has 0 spiro atoms. The smallest absolute Gasteiger partial charge is 0.462 e. The lowest BCUT2D eigenvalue weighted by Gasteiger charge is -2.20. The largest absolute Gasteiger partial charge is 0.472 e. The van der Waals surface area contributed by atoms with Gasteiger partial charge in [0.2, 0.25) is 0 Å². The van der Waals surface area contributed by atoms with Crippen LogP contribution < -0.4 is 0 Å². The minimum absolute atomic E-state index is 0.187. The van der Waals surface area contributed by atoms with Crippen molar-refractivity contribution in [1.29, 1.82) is 0 Å². The van der Waals surface area contributed by atoms with E-state index in [4.69, 9.17) is 19.1 Å². The average Bonchev–Trinajstić information content (AvgIpc) is 3.05. The summed E-state index contributed by atoms with van der Waals surface area (Å²) in [5.41, 5.74) is 0. The van der Waals surface area contributed by atoms with Crippen LogP contribution in [0.15, 0.2) is 12.2 Å². The fourth-order valence-corrected chi connectivity index (χ4v) is 5.78. The molecule has 3 atom stereocenters. The number of allylic oxidation sites excluding steroid dienone is 2. The molecule has 0 amide bonds. The van der Waals surface area contributed by atoms with Gasteiger partial charge in [-0.2, -0.15) is 0 Å². The molecule has 278 valence electrons. The Hall–Kier alpha value is -1.29. The Morgan fingerprint density at radius 1 is 0.617 bits per heavy atom. The van der Waals surface area contributed by atoms with Crippen molar-refractivity contribution in [2.75, 3.05) is 26.4 Å². The number of esters is 2. The van der Waals surface area contributed by atoms with Gasteiger partial charge < -0.3 is 24.6 Å². The van der Waals surface area contributed by atoms with Crippen LogP contribution in [0.1, 0.15) is 168 Å². The Morgan fingerprint density at radius 3 is 1.57 bits per heavy atom. The van der Waals surface area contributed by atoms with Crippen molar-refractivity contribution in [3.63, 3.8) is 0 Å². The summed E-state index contributed by atoms with van der Waals surface area (Å²) in [5.74, 6) is -0.932. The molecule has 0 fully saturated rings. The number of hydrogen-bond acceptors (Lipinski definition) is 9. The molecule has 47 heavy (non-hydrogen) atoms. The second kappa shape index (κ2) is 33.2. The van der Waals surface area contributed by atoms with E-state index in [0.29, 0.717) is 12.8 Å². The molecule has 0 rings (SSSR count). The van der Waals surface area contributed by atoms with Crippen LogP contribution in [-0.2, 0) is 32.7 Å². The third-order valence-electron chi connectivity index (χ3n) is 7.92. The number of hydrogen-bond donors (Lipinski definition) is 3. The van der Waals surface area contributed by atoms with Crippen LogP contribution in [0.3, 0.4) is 0 Å². The van der Waals surface area contributed by atoms with E-state index in [1.807, 2.05) is 0 Å². The molecule has 0 aromatic heterocycles. The number of unbranched alkanes of at least 4 members (excludes halogenated alkanes) is 19. The molecule has 11 heteroatoms. The molecule has 0 heterocycles. The van der Waals surface area contributed by atoms with Crippen molar-refractivity contribution in [2.45, 2.75) is 180 Å². The van der Waals surface area contributed by atoms with Crippen LogP contribution in [0.2, 0.25) is 0 Å². The Balaban J connectivity index is 4.39. The van der Waals surface area contributed by atoms with E-state index in [-0.39, 0.29) is 19.4 Å². The summed E-state index contributed by atoms with van der Waals surface area (Å²) < 4.78 is 32.5. The lowest BCUT2D eigenvalue weighted by Crippen LogP contribution is -2.29. The van der Waals surface area contributed by atoms with Crippen LogP contribution in [0.5, 0.6) is 0 Å². The van der Waals surface area contributed by atoms with Crippen LogP contribution in [0.25, 0.3) is 0 Å². The summed E-state index contributed by atoms with van der Waals surface area (Å²) in [7, 11) is -4.60. The number of aliphatic hydroxyl groups excluding tert-OH is 2. The number of ether oxygens (including phenoxy) is 2. The molecule has 0 saturated carbocycles. The number of carbonyl (C=O) groups excluding carboxylic acids is 2. The normalized spacial score (nSPS) is 14.2. The first-order valence-electron chi connectivity index (χ1n) is 18.6. The van der Waals surface area contributed by atoms with Crippen molar-refractivity contribution in [1.82, 2.24) is 0 Å². The van der Waals surface area contributed by atoms with Gasteiger partial charge in [0.15, 0.2) is 6.10 Å². The highest BCUT2D eigenvalue weighted by atomic mass is 31.2. The molecule has 0 saturated heterocycles. The van der Waals surface area contributed by atoms with Crippen LogP contribution >= 0.6 is 7.82 Å². The van der Waals surface area contributed by atoms with Gasteiger partial charge in [-0.3, -0.25) is 18.6 Å². The fraction of sp³-hybridized carbons (Fsp3) is 0.889. The molecule has 0 bridgehead atoms. The number of aliphatic hydroxyl groups is 2. The van der Waals surface area contributed by atoms with Crippen molar-refractivity contribution < 1.29 is 47.8 Å². The standard InChI is InChI=1S/C36H69O10P/c1-3-5-7-9-11-13-15-17-19-21-23-25-27-35(39)43-31-34(32-45-47(41,42)44-30-33(38)29-37)46-36(40)28-26-24-22-20-18-16-14-12-10-8-6-4-2/h11,13,33-34,37-38H,3-10,12,14-32H2,1-2H3,(H,41,42)/b13-11+/t33-,34+/m0/s1. The average molecular weight is 693 g/mol. The summed E-state index contributed by atoms with van der Waals surface area (Å²) in [6, 6.07) is 0. The number of carbonyl (C=O) groups is 2. The van der Waals surface area contributed by atoms with Crippen molar-refractivity contribution in [3.05, 3.63) is 12.2 Å². The summed E-state index contributed by atoms with van der Waals surface area (Å²) >= 11 is 0. The van der Waals surface area contributed by atoms with Gasteiger partial charge in [0, 0.05) is 12.8 Å². The van der Waals surface area contributed by atoms with Gasteiger partial charge in [0.05, 0.1) is 19.8 Å². The highest BCUT2D eigenvalue weighted by Crippen LogP contribution is 2.43. The monoisotopic (exact) mass is 692 g/mol. The fourth-order valence-electron chi connectivity index (χ4n) is 4.99. The first kappa shape index (κ1) is 45.7. The summed E-state index contributed by atoms with van der Waals surface area (Å²) in [6.07, 6.45) is 27.5. The highest BCUT2D eigenvalue weighted by Gasteiger charge is 2.27. The summed E-state index contributed by atoms with van der Waals surface area (Å²) in [6.45, 7) is 2.33. The maximum Gasteiger partial charge on any atom is 0.472 e. The van der Waals surface area contributed by atoms with Crippen LogP contribution in [0, 0.1) is 0 Å². The minimum Gasteiger partial charge on any atom is -0.462 e. The minimum atomic E-state index is -4.60. The quantitative estimate of drug-likeness (QED) is 0.0254. The summed E-state index contributed by atoms with van der Waals surface area (Å²) in [4.78, 5) is 34.7. The predicted molar refractivity (Wildman–Crippen MR) is 187 cm³/mol. The van der Waals surface area contributed by atoms with E-state index in [9.17, 15) is 24.2 Å². The Bertz CT molecular complexity index is 807. The molecular weight excluding hydrogens is 623 g/mol. The lowest BCUT2D eigenvalue weighted by atomic mass is 10.0. The van der Waals surface area contributed by atoms with Gasteiger partial charge in [-0.15, -0.1) is 0 Å². The van der Waals surface area contributed by atoms with Gasteiger partial charge in [-0.1, -0.05) is 129 Å². The molecule has 0 aromatic carbocycles. The molecule has 0 radical (unpaired) electrons. The zero-order valence-corrected chi connectivity index (χ0v) is 30.6. The topological polar surface area (TPSA) is 149 Å². The SMILES string of the molecule is CCCCC/C=C/CCCCCCCC(=O)OC[C@H](COP(=O)(O)OC[C@@H](O)CO)OC(=O)CCCCCCCCCCCCCC. The zero-order chi connectivity index (χ0) is 34.9. The van der Waals surface area contributed by atoms with E-state index in [2.05, 4.69) is 30.5 Å². The van der Waals surface area contributed by atoms with Gasteiger partial charge in [0.1, 0.15) is 12.7 Å². The molecule has 0 aliphatic carbocycles. The molecule has 3 N–H and O–H groups in total. The Labute approximate surface area is 286 Å². The van der Waals surface area contributed by atoms with Crippen molar-refractivity contribution in [2.24, 2.45) is 0 Å². The first-order valence-corrected chi connectivity index (χ1v) is 20.1. The van der Waals surface area contributed by atoms with Gasteiger partial charge in [-0.25, -0.2) is 4.57 Å². The van der Waals surface area contributed by atoms with Crippen LogP contribution in [-0.4, -0.2) is 65.7 Å². The maximum absolute atomic E-state index is 12.5. The lowest BCUT2D eigenvalue weighted by molar-refractivity contribution is -0.161.